The molecule has 1 unspecified atom stereocenters. The topological polar surface area (TPSA) is 68.5 Å². The predicted octanol–water partition coefficient (Wildman–Crippen LogP) is 3.25. The Morgan fingerprint density at radius 3 is 2.84 bits per heavy atom. The zero-order valence-electron chi connectivity index (χ0n) is 14.9. The van der Waals surface area contributed by atoms with Crippen LogP contribution < -0.4 is 9.64 Å². The van der Waals surface area contributed by atoms with Crippen molar-refractivity contribution in [1.29, 1.82) is 0 Å². The second-order valence-electron chi connectivity index (χ2n) is 7.28. The fourth-order valence-electron chi connectivity index (χ4n) is 2.67. The maximum Gasteiger partial charge on any atom is 0.227 e. The van der Waals surface area contributed by atoms with Crippen LogP contribution in [0.3, 0.4) is 0 Å². The van der Waals surface area contributed by atoms with E-state index in [0.717, 1.165) is 0 Å². The molecule has 3 rings (SSSR count). The summed E-state index contributed by atoms with van der Waals surface area (Å²) < 4.78 is 24.7. The molecule has 0 radical (unpaired) electrons. The van der Waals surface area contributed by atoms with Gasteiger partial charge in [-0.25, -0.2) is 4.39 Å². The molecule has 2 aromatic rings. The van der Waals surface area contributed by atoms with Gasteiger partial charge in [-0.2, -0.15) is 4.98 Å². The Labute approximate surface area is 146 Å². The molecular formula is C18H22FN3O3. The number of ether oxygens (including phenoxy) is 1. The quantitative estimate of drug-likeness (QED) is 0.852. The fraction of sp³-hybridized carbons (Fsp3) is 0.500. The van der Waals surface area contributed by atoms with Crippen molar-refractivity contribution in [3.8, 4) is 5.75 Å². The van der Waals surface area contributed by atoms with Crippen LogP contribution in [0.25, 0.3) is 0 Å². The minimum absolute atomic E-state index is 0.127. The van der Waals surface area contributed by atoms with Crippen LogP contribution in [0.2, 0.25) is 0 Å². The molecule has 1 aliphatic heterocycles. The van der Waals surface area contributed by atoms with E-state index in [4.69, 9.17) is 9.26 Å². The number of amides is 1. The number of aromatic nitrogens is 2. The fourth-order valence-corrected chi connectivity index (χ4v) is 2.67. The molecule has 0 N–H and O–H groups in total. The molecule has 2 heterocycles. The molecule has 0 bridgehead atoms. The van der Waals surface area contributed by atoms with Crippen molar-refractivity contribution in [2.75, 3.05) is 11.4 Å². The van der Waals surface area contributed by atoms with Gasteiger partial charge in [-0.15, -0.1) is 0 Å². The summed E-state index contributed by atoms with van der Waals surface area (Å²) in [6.07, 6.45) is 0.275. The SMILES string of the molecule is CC1CN(C(=O)CCc2nc(C(C)(C)C)no2)c2cccc(F)c2O1. The van der Waals surface area contributed by atoms with Crippen molar-refractivity contribution in [1.82, 2.24) is 10.1 Å². The van der Waals surface area contributed by atoms with Crippen LogP contribution in [0.4, 0.5) is 10.1 Å². The lowest BCUT2D eigenvalue weighted by Crippen LogP contribution is -2.42. The number of hydrogen-bond donors (Lipinski definition) is 0. The molecule has 0 aliphatic carbocycles. The Balaban J connectivity index is 1.72. The minimum Gasteiger partial charge on any atom is -0.484 e. The van der Waals surface area contributed by atoms with Crippen molar-refractivity contribution >= 4 is 11.6 Å². The molecule has 0 fully saturated rings. The zero-order valence-corrected chi connectivity index (χ0v) is 14.9. The van der Waals surface area contributed by atoms with E-state index in [0.29, 0.717) is 30.4 Å². The van der Waals surface area contributed by atoms with Crippen molar-refractivity contribution in [3.05, 3.63) is 35.7 Å². The van der Waals surface area contributed by atoms with Crippen molar-refractivity contribution in [2.45, 2.75) is 52.1 Å². The zero-order chi connectivity index (χ0) is 18.2. The summed E-state index contributed by atoms with van der Waals surface area (Å²) in [6, 6.07) is 4.58. The lowest BCUT2D eigenvalue weighted by atomic mass is 9.96. The van der Waals surface area contributed by atoms with Gasteiger partial charge in [0.25, 0.3) is 0 Å². The Morgan fingerprint density at radius 2 is 2.16 bits per heavy atom. The van der Waals surface area contributed by atoms with Gasteiger partial charge in [-0.05, 0) is 19.1 Å². The molecule has 1 amide bonds. The first-order valence-corrected chi connectivity index (χ1v) is 8.34. The van der Waals surface area contributed by atoms with Gasteiger partial charge < -0.3 is 14.2 Å². The lowest BCUT2D eigenvalue weighted by molar-refractivity contribution is -0.119. The maximum atomic E-state index is 14.0. The number of carbonyl (C=O) groups excluding carboxylic acids is 1. The van der Waals surface area contributed by atoms with Gasteiger partial charge in [0.15, 0.2) is 17.4 Å². The number of anilines is 1. The number of aryl methyl sites for hydroxylation is 1. The highest BCUT2D eigenvalue weighted by molar-refractivity contribution is 5.95. The normalized spacial score (nSPS) is 17.2. The monoisotopic (exact) mass is 347 g/mol. The van der Waals surface area contributed by atoms with Crippen molar-refractivity contribution in [2.24, 2.45) is 0 Å². The Morgan fingerprint density at radius 1 is 1.40 bits per heavy atom. The highest BCUT2D eigenvalue weighted by atomic mass is 19.1. The number of para-hydroxylation sites is 1. The predicted molar refractivity (Wildman–Crippen MR) is 90.2 cm³/mol. The number of halogens is 1. The molecule has 1 aromatic carbocycles. The van der Waals surface area contributed by atoms with E-state index >= 15 is 0 Å². The number of hydrogen-bond acceptors (Lipinski definition) is 5. The molecule has 1 aliphatic rings. The summed E-state index contributed by atoms with van der Waals surface area (Å²) in [6.45, 7) is 8.17. The summed E-state index contributed by atoms with van der Waals surface area (Å²) in [5, 5.41) is 3.96. The molecule has 0 saturated heterocycles. The average Bonchev–Trinajstić information content (AvgIpc) is 3.02. The molecule has 0 spiro atoms. The summed E-state index contributed by atoms with van der Waals surface area (Å²) in [7, 11) is 0. The molecule has 0 saturated carbocycles. The van der Waals surface area contributed by atoms with Gasteiger partial charge in [-0.1, -0.05) is 32.0 Å². The Bertz CT molecular complexity index is 782. The first-order chi connectivity index (χ1) is 11.8. The van der Waals surface area contributed by atoms with E-state index in [1.54, 1.807) is 17.0 Å². The number of benzene rings is 1. The summed E-state index contributed by atoms with van der Waals surface area (Å²) >= 11 is 0. The van der Waals surface area contributed by atoms with Crippen LogP contribution in [-0.2, 0) is 16.6 Å². The first kappa shape index (κ1) is 17.4. The molecule has 1 aromatic heterocycles. The van der Waals surface area contributed by atoms with E-state index in [1.807, 2.05) is 27.7 Å². The summed E-state index contributed by atoms with van der Waals surface area (Å²) in [4.78, 5) is 18.6. The van der Waals surface area contributed by atoms with Crippen LogP contribution in [0.15, 0.2) is 22.7 Å². The smallest absolute Gasteiger partial charge is 0.227 e. The van der Waals surface area contributed by atoms with Crippen LogP contribution in [0, 0.1) is 5.82 Å². The lowest BCUT2D eigenvalue weighted by Gasteiger charge is -2.33. The molecule has 6 nitrogen and oxygen atoms in total. The third-order valence-electron chi connectivity index (χ3n) is 3.99. The Kier molecular flexibility index (Phi) is 4.49. The standard InChI is InChI=1S/C18H22FN3O3/c1-11-10-22(13-7-5-6-12(19)16(13)24-11)15(23)9-8-14-20-17(21-25-14)18(2,3)4/h5-7,11H,8-10H2,1-4H3. The van der Waals surface area contributed by atoms with Gasteiger partial charge in [0.1, 0.15) is 6.10 Å². The third-order valence-corrected chi connectivity index (χ3v) is 3.99. The van der Waals surface area contributed by atoms with E-state index in [-0.39, 0.29) is 29.6 Å². The van der Waals surface area contributed by atoms with Crippen LogP contribution >= 0.6 is 0 Å². The highest BCUT2D eigenvalue weighted by Gasteiger charge is 2.30. The molecule has 1 atom stereocenters. The van der Waals surface area contributed by atoms with E-state index in [9.17, 15) is 9.18 Å². The van der Waals surface area contributed by atoms with Crippen molar-refractivity contribution < 1.29 is 18.4 Å². The van der Waals surface area contributed by atoms with Gasteiger partial charge in [0.2, 0.25) is 11.8 Å². The van der Waals surface area contributed by atoms with E-state index in [1.165, 1.54) is 6.07 Å². The molecular weight excluding hydrogens is 325 g/mol. The molecule has 134 valence electrons. The summed E-state index contributed by atoms with van der Waals surface area (Å²) in [5.74, 6) is 0.579. The maximum absolute atomic E-state index is 14.0. The number of fused-ring (bicyclic) bond motifs is 1. The van der Waals surface area contributed by atoms with Gasteiger partial charge in [0, 0.05) is 18.3 Å². The van der Waals surface area contributed by atoms with Gasteiger partial charge in [0.05, 0.1) is 12.2 Å². The number of rotatable bonds is 3. The van der Waals surface area contributed by atoms with Gasteiger partial charge in [-0.3, -0.25) is 4.79 Å². The number of carbonyl (C=O) groups is 1. The molecule has 25 heavy (non-hydrogen) atoms. The van der Waals surface area contributed by atoms with E-state index in [2.05, 4.69) is 10.1 Å². The largest absolute Gasteiger partial charge is 0.484 e. The first-order valence-electron chi connectivity index (χ1n) is 8.34. The van der Waals surface area contributed by atoms with E-state index < -0.39 is 5.82 Å². The molecule has 7 heteroatoms. The number of nitrogens with zero attached hydrogens (tertiary/aromatic N) is 3. The Hall–Kier alpha value is -2.44. The van der Waals surface area contributed by atoms with Crippen molar-refractivity contribution in [3.63, 3.8) is 0 Å². The van der Waals surface area contributed by atoms with Gasteiger partial charge >= 0.3 is 0 Å². The highest BCUT2D eigenvalue weighted by Crippen LogP contribution is 2.36. The minimum atomic E-state index is -0.464. The second kappa shape index (κ2) is 6.46. The average molecular weight is 347 g/mol. The van der Waals surface area contributed by atoms with Crippen LogP contribution in [0.5, 0.6) is 5.75 Å². The van der Waals surface area contributed by atoms with Crippen LogP contribution in [0.1, 0.15) is 45.8 Å². The summed E-state index contributed by atoms with van der Waals surface area (Å²) in [5.41, 5.74) is 0.256. The third kappa shape index (κ3) is 3.65. The second-order valence-corrected chi connectivity index (χ2v) is 7.28. The van der Waals surface area contributed by atoms with Crippen LogP contribution in [-0.4, -0.2) is 28.7 Å².